The van der Waals surface area contributed by atoms with Gasteiger partial charge in [-0.3, -0.25) is 0 Å². The summed E-state index contributed by atoms with van der Waals surface area (Å²) in [4.78, 5) is 0. The fourth-order valence-corrected chi connectivity index (χ4v) is 2.43. The molecule has 1 aliphatic heterocycles. The van der Waals surface area contributed by atoms with Crippen molar-refractivity contribution in [3.05, 3.63) is 35.9 Å². The first-order valence-corrected chi connectivity index (χ1v) is 5.50. The Morgan fingerprint density at radius 2 is 1.87 bits per heavy atom. The van der Waals surface area contributed by atoms with Gasteiger partial charge in [0.15, 0.2) is 0 Å². The van der Waals surface area contributed by atoms with E-state index in [2.05, 4.69) is 26.0 Å². The molecule has 1 aromatic rings. The fourth-order valence-electron chi connectivity index (χ4n) is 2.43. The number of rotatable bonds is 1. The molecule has 0 aliphatic carbocycles. The molecule has 1 saturated heterocycles. The maximum atomic E-state index is 6.48. The summed E-state index contributed by atoms with van der Waals surface area (Å²) < 4.78 is 5.70. The molecule has 0 saturated carbocycles. The summed E-state index contributed by atoms with van der Waals surface area (Å²) in [5.41, 5.74) is 7.37. The molecule has 1 heterocycles. The van der Waals surface area contributed by atoms with E-state index in [1.54, 1.807) is 0 Å². The van der Waals surface area contributed by atoms with Gasteiger partial charge < -0.3 is 10.5 Å². The number of hydrogen-bond donors (Lipinski definition) is 1. The summed E-state index contributed by atoms with van der Waals surface area (Å²) in [6.07, 6.45) is 1.78. The Labute approximate surface area is 91.4 Å². The van der Waals surface area contributed by atoms with Gasteiger partial charge in [-0.1, -0.05) is 30.3 Å². The van der Waals surface area contributed by atoms with E-state index < -0.39 is 0 Å². The first-order valence-electron chi connectivity index (χ1n) is 5.50. The van der Waals surface area contributed by atoms with Crippen LogP contribution in [0.25, 0.3) is 0 Å². The quantitative estimate of drug-likeness (QED) is 0.764. The second-order valence-electron chi connectivity index (χ2n) is 5.06. The molecule has 0 bridgehead atoms. The van der Waals surface area contributed by atoms with Crippen molar-refractivity contribution in [2.45, 2.75) is 37.8 Å². The maximum absolute atomic E-state index is 6.48. The summed E-state index contributed by atoms with van der Waals surface area (Å²) in [5.74, 6) is 0. The lowest BCUT2D eigenvalue weighted by Crippen LogP contribution is -2.49. The van der Waals surface area contributed by atoms with Crippen molar-refractivity contribution in [3.63, 3.8) is 0 Å². The number of hydrogen-bond acceptors (Lipinski definition) is 2. The molecule has 0 aromatic heterocycles. The van der Waals surface area contributed by atoms with E-state index in [0.717, 1.165) is 19.4 Å². The van der Waals surface area contributed by atoms with Gasteiger partial charge >= 0.3 is 0 Å². The summed E-state index contributed by atoms with van der Waals surface area (Å²) in [7, 11) is 0. The predicted molar refractivity (Wildman–Crippen MR) is 61.6 cm³/mol. The van der Waals surface area contributed by atoms with Crippen LogP contribution in [0.15, 0.2) is 30.3 Å². The third kappa shape index (κ3) is 2.21. The van der Waals surface area contributed by atoms with Crippen molar-refractivity contribution in [1.82, 2.24) is 0 Å². The van der Waals surface area contributed by atoms with Crippen molar-refractivity contribution >= 4 is 0 Å². The Bertz CT molecular complexity index is 334. The number of nitrogens with two attached hydrogens (primary N) is 1. The van der Waals surface area contributed by atoms with Gasteiger partial charge in [0, 0.05) is 12.1 Å². The Kier molecular flexibility index (Phi) is 2.57. The topological polar surface area (TPSA) is 35.2 Å². The van der Waals surface area contributed by atoms with E-state index in [4.69, 9.17) is 10.5 Å². The van der Waals surface area contributed by atoms with Gasteiger partial charge in [-0.25, -0.2) is 0 Å². The van der Waals surface area contributed by atoms with Crippen molar-refractivity contribution in [3.8, 4) is 0 Å². The van der Waals surface area contributed by atoms with E-state index in [1.165, 1.54) is 5.56 Å². The molecule has 0 unspecified atom stereocenters. The predicted octanol–water partition coefficient (Wildman–Crippen LogP) is 2.43. The molecule has 0 amide bonds. The van der Waals surface area contributed by atoms with E-state index in [-0.39, 0.29) is 11.1 Å². The molecule has 0 spiro atoms. The van der Waals surface area contributed by atoms with Crippen LogP contribution in [0.4, 0.5) is 0 Å². The van der Waals surface area contributed by atoms with Gasteiger partial charge in [0.05, 0.1) is 5.60 Å². The first-order chi connectivity index (χ1) is 7.02. The van der Waals surface area contributed by atoms with Crippen molar-refractivity contribution in [1.29, 1.82) is 0 Å². The highest BCUT2D eigenvalue weighted by molar-refractivity contribution is 5.25. The SMILES string of the molecule is CC1(C)C[C@](N)(c2ccccc2)CCO1. The lowest BCUT2D eigenvalue weighted by molar-refractivity contribution is -0.0813. The molecule has 1 atom stereocenters. The second kappa shape index (κ2) is 3.62. The third-order valence-electron chi connectivity index (χ3n) is 3.13. The van der Waals surface area contributed by atoms with Gasteiger partial charge in [0.2, 0.25) is 0 Å². The highest BCUT2D eigenvalue weighted by atomic mass is 16.5. The Hall–Kier alpha value is -0.860. The van der Waals surface area contributed by atoms with Crippen LogP contribution < -0.4 is 5.73 Å². The van der Waals surface area contributed by atoms with Crippen LogP contribution in [-0.2, 0) is 10.3 Å². The van der Waals surface area contributed by atoms with Crippen LogP contribution in [0.3, 0.4) is 0 Å². The number of ether oxygens (including phenoxy) is 1. The van der Waals surface area contributed by atoms with Crippen molar-refractivity contribution in [2.24, 2.45) is 5.73 Å². The molecule has 1 fully saturated rings. The first kappa shape index (κ1) is 10.7. The monoisotopic (exact) mass is 205 g/mol. The zero-order chi connectivity index (χ0) is 10.9. The molecule has 2 rings (SSSR count). The zero-order valence-electron chi connectivity index (χ0n) is 9.49. The van der Waals surface area contributed by atoms with E-state index in [1.807, 2.05) is 18.2 Å². The molecular formula is C13H19NO. The normalized spacial score (nSPS) is 30.1. The van der Waals surface area contributed by atoms with Crippen molar-refractivity contribution in [2.75, 3.05) is 6.61 Å². The van der Waals surface area contributed by atoms with Crippen LogP contribution in [0, 0.1) is 0 Å². The molecule has 2 heteroatoms. The molecular weight excluding hydrogens is 186 g/mol. The van der Waals surface area contributed by atoms with E-state index in [9.17, 15) is 0 Å². The summed E-state index contributed by atoms with van der Waals surface area (Å²) in [6.45, 7) is 4.96. The average Bonchev–Trinajstić information content (AvgIpc) is 2.17. The van der Waals surface area contributed by atoms with Crippen LogP contribution in [0.5, 0.6) is 0 Å². The molecule has 2 N–H and O–H groups in total. The second-order valence-corrected chi connectivity index (χ2v) is 5.06. The van der Waals surface area contributed by atoms with Crippen molar-refractivity contribution < 1.29 is 4.74 Å². The minimum absolute atomic E-state index is 0.108. The smallest absolute Gasteiger partial charge is 0.0647 e. The van der Waals surface area contributed by atoms with Gasteiger partial charge in [-0.05, 0) is 32.3 Å². The van der Waals surface area contributed by atoms with Gasteiger partial charge in [0.1, 0.15) is 0 Å². The molecule has 0 radical (unpaired) electrons. The van der Waals surface area contributed by atoms with Crippen LogP contribution in [0.1, 0.15) is 32.3 Å². The molecule has 2 nitrogen and oxygen atoms in total. The molecule has 15 heavy (non-hydrogen) atoms. The van der Waals surface area contributed by atoms with Crippen LogP contribution in [0.2, 0.25) is 0 Å². The van der Waals surface area contributed by atoms with Crippen LogP contribution in [-0.4, -0.2) is 12.2 Å². The van der Waals surface area contributed by atoms with Gasteiger partial charge in [0.25, 0.3) is 0 Å². The summed E-state index contributed by atoms with van der Waals surface area (Å²) >= 11 is 0. The van der Waals surface area contributed by atoms with Gasteiger partial charge in [-0.15, -0.1) is 0 Å². The number of benzene rings is 1. The van der Waals surface area contributed by atoms with Crippen LogP contribution >= 0.6 is 0 Å². The molecule has 1 aromatic carbocycles. The lowest BCUT2D eigenvalue weighted by Gasteiger charge is -2.42. The Morgan fingerprint density at radius 3 is 2.47 bits per heavy atom. The minimum atomic E-state index is -0.219. The highest BCUT2D eigenvalue weighted by Crippen LogP contribution is 2.37. The largest absolute Gasteiger partial charge is 0.375 e. The summed E-state index contributed by atoms with van der Waals surface area (Å²) in [5, 5.41) is 0. The highest BCUT2D eigenvalue weighted by Gasteiger charge is 2.38. The standard InChI is InChI=1S/C13H19NO/c1-12(2)10-13(14,8-9-15-12)11-6-4-3-5-7-11/h3-7H,8-10,14H2,1-2H3/t13-/m0/s1. The average molecular weight is 205 g/mol. The van der Waals surface area contributed by atoms with E-state index >= 15 is 0 Å². The molecule has 82 valence electrons. The maximum Gasteiger partial charge on any atom is 0.0647 e. The zero-order valence-corrected chi connectivity index (χ0v) is 9.49. The lowest BCUT2D eigenvalue weighted by atomic mass is 9.77. The molecule has 1 aliphatic rings. The van der Waals surface area contributed by atoms with E-state index in [0.29, 0.717) is 0 Å². The Morgan fingerprint density at radius 1 is 1.20 bits per heavy atom. The third-order valence-corrected chi connectivity index (χ3v) is 3.13. The fraction of sp³-hybridized carbons (Fsp3) is 0.538. The minimum Gasteiger partial charge on any atom is -0.375 e. The van der Waals surface area contributed by atoms with Gasteiger partial charge in [-0.2, -0.15) is 0 Å². The summed E-state index contributed by atoms with van der Waals surface area (Å²) in [6, 6.07) is 10.3. The Balaban J connectivity index is 2.27.